The zero-order chi connectivity index (χ0) is 25.5. The number of phenolic OH excluding ortho intramolecular Hbond substituents is 1. The van der Waals surface area contributed by atoms with E-state index in [0.29, 0.717) is 22.8 Å². The number of ether oxygens (including phenoxy) is 2. The molecule has 6 heteroatoms. The Morgan fingerprint density at radius 2 is 1.75 bits per heavy atom. The molecule has 3 aromatic rings. The number of carbonyl (C=O) groups is 1. The zero-order valence-corrected chi connectivity index (χ0v) is 21.0. The molecule has 3 aromatic carbocycles. The lowest BCUT2D eigenvalue weighted by Crippen LogP contribution is -2.41. The first-order valence-electron chi connectivity index (χ1n) is 12.6. The van der Waals surface area contributed by atoms with Gasteiger partial charge in [0.2, 0.25) is 0 Å². The van der Waals surface area contributed by atoms with Crippen LogP contribution >= 0.6 is 0 Å². The first-order valence-corrected chi connectivity index (χ1v) is 12.6. The molecule has 0 bridgehead atoms. The third kappa shape index (κ3) is 6.78. The average Bonchev–Trinajstić information content (AvgIpc) is 2.87. The van der Waals surface area contributed by atoms with Gasteiger partial charge in [0, 0.05) is 30.3 Å². The molecule has 1 aliphatic heterocycles. The summed E-state index contributed by atoms with van der Waals surface area (Å²) in [7, 11) is 0. The molecule has 0 spiro atoms. The van der Waals surface area contributed by atoms with Gasteiger partial charge < -0.3 is 19.5 Å². The number of halogens is 1. The van der Waals surface area contributed by atoms with Crippen LogP contribution in [0.5, 0.6) is 17.2 Å². The summed E-state index contributed by atoms with van der Waals surface area (Å²) in [5.74, 6) is 1.25. The van der Waals surface area contributed by atoms with Gasteiger partial charge in [-0.1, -0.05) is 30.3 Å². The topological polar surface area (TPSA) is 59.0 Å². The fourth-order valence-electron chi connectivity index (χ4n) is 4.63. The molecule has 1 heterocycles. The van der Waals surface area contributed by atoms with Gasteiger partial charge in [-0.15, -0.1) is 0 Å². The molecule has 0 aromatic heterocycles. The SMILES string of the molecule is CC(C)Oc1ccc(CCC2CCN(C(=O)COc3ccccc3-c3ccc(F)cc3O)CC2)cc1. The number of aryl methyl sites for hydroxylation is 1. The van der Waals surface area contributed by atoms with Gasteiger partial charge in [0.05, 0.1) is 6.10 Å². The highest BCUT2D eigenvalue weighted by Crippen LogP contribution is 2.36. The second kappa shape index (κ2) is 11.9. The maximum Gasteiger partial charge on any atom is 0.260 e. The minimum atomic E-state index is -0.512. The Morgan fingerprint density at radius 3 is 2.44 bits per heavy atom. The summed E-state index contributed by atoms with van der Waals surface area (Å²) < 4.78 is 25.0. The number of carbonyl (C=O) groups excluding carboxylic acids is 1. The lowest BCUT2D eigenvalue weighted by molar-refractivity contribution is -0.134. The minimum Gasteiger partial charge on any atom is -0.507 e. The number of rotatable bonds is 9. The van der Waals surface area contributed by atoms with Crippen LogP contribution in [0.3, 0.4) is 0 Å². The monoisotopic (exact) mass is 491 g/mol. The van der Waals surface area contributed by atoms with Crippen LogP contribution in [0.15, 0.2) is 66.7 Å². The van der Waals surface area contributed by atoms with E-state index >= 15 is 0 Å². The largest absolute Gasteiger partial charge is 0.507 e. The molecular weight excluding hydrogens is 457 g/mol. The van der Waals surface area contributed by atoms with E-state index in [1.54, 1.807) is 18.2 Å². The quantitative estimate of drug-likeness (QED) is 0.385. The molecule has 0 aliphatic carbocycles. The molecule has 0 radical (unpaired) electrons. The number of nitrogens with zero attached hydrogens (tertiary/aromatic N) is 1. The van der Waals surface area contributed by atoms with Crippen molar-refractivity contribution < 1.29 is 23.8 Å². The van der Waals surface area contributed by atoms with Crippen molar-refractivity contribution in [2.24, 2.45) is 5.92 Å². The van der Waals surface area contributed by atoms with Gasteiger partial charge in [0.15, 0.2) is 6.61 Å². The van der Waals surface area contributed by atoms with Crippen molar-refractivity contribution in [1.29, 1.82) is 0 Å². The predicted molar refractivity (Wildman–Crippen MR) is 139 cm³/mol. The van der Waals surface area contributed by atoms with Gasteiger partial charge in [-0.05, 0) is 81.3 Å². The van der Waals surface area contributed by atoms with Crippen LogP contribution in [0.2, 0.25) is 0 Å². The Morgan fingerprint density at radius 1 is 1.03 bits per heavy atom. The third-order valence-electron chi connectivity index (χ3n) is 6.59. The van der Waals surface area contributed by atoms with E-state index < -0.39 is 5.82 Å². The molecule has 0 atom stereocenters. The van der Waals surface area contributed by atoms with Gasteiger partial charge in [-0.25, -0.2) is 4.39 Å². The van der Waals surface area contributed by atoms with Crippen molar-refractivity contribution >= 4 is 5.91 Å². The van der Waals surface area contributed by atoms with E-state index in [9.17, 15) is 14.3 Å². The fraction of sp³-hybridized carbons (Fsp3) is 0.367. The van der Waals surface area contributed by atoms with Crippen molar-refractivity contribution in [3.63, 3.8) is 0 Å². The van der Waals surface area contributed by atoms with E-state index in [1.807, 2.05) is 36.9 Å². The van der Waals surface area contributed by atoms with E-state index in [-0.39, 0.29) is 24.4 Å². The number of aromatic hydroxyl groups is 1. The normalized spacial score (nSPS) is 14.2. The molecule has 190 valence electrons. The van der Waals surface area contributed by atoms with Crippen molar-refractivity contribution in [2.45, 2.75) is 45.6 Å². The summed E-state index contributed by atoms with van der Waals surface area (Å²) >= 11 is 0. The van der Waals surface area contributed by atoms with E-state index in [0.717, 1.165) is 50.6 Å². The third-order valence-corrected chi connectivity index (χ3v) is 6.59. The highest BCUT2D eigenvalue weighted by molar-refractivity contribution is 5.79. The summed E-state index contributed by atoms with van der Waals surface area (Å²) in [6.07, 6.45) is 4.28. The molecule has 0 unspecified atom stereocenters. The number of para-hydroxylation sites is 1. The second-order valence-corrected chi connectivity index (χ2v) is 9.62. The second-order valence-electron chi connectivity index (χ2n) is 9.62. The van der Waals surface area contributed by atoms with Gasteiger partial charge >= 0.3 is 0 Å². The molecule has 0 saturated carbocycles. The van der Waals surface area contributed by atoms with Crippen molar-refractivity contribution in [1.82, 2.24) is 4.90 Å². The van der Waals surface area contributed by atoms with E-state index in [4.69, 9.17) is 9.47 Å². The van der Waals surface area contributed by atoms with Crippen LogP contribution in [-0.4, -0.2) is 41.7 Å². The predicted octanol–water partition coefficient (Wildman–Crippen LogP) is 6.24. The van der Waals surface area contributed by atoms with Gasteiger partial charge in [0.25, 0.3) is 5.91 Å². The van der Waals surface area contributed by atoms with Gasteiger partial charge in [-0.3, -0.25) is 4.79 Å². The lowest BCUT2D eigenvalue weighted by Gasteiger charge is -2.32. The van der Waals surface area contributed by atoms with Crippen molar-refractivity contribution in [2.75, 3.05) is 19.7 Å². The van der Waals surface area contributed by atoms with Crippen LogP contribution in [-0.2, 0) is 11.2 Å². The Hall–Kier alpha value is -3.54. The first kappa shape index (κ1) is 25.5. The highest BCUT2D eigenvalue weighted by Gasteiger charge is 2.23. The molecule has 1 amide bonds. The minimum absolute atomic E-state index is 0.0488. The lowest BCUT2D eigenvalue weighted by atomic mass is 9.90. The molecule has 5 nitrogen and oxygen atoms in total. The number of amides is 1. The Balaban J connectivity index is 1.24. The maximum absolute atomic E-state index is 13.4. The number of hydrogen-bond donors (Lipinski definition) is 1. The standard InChI is InChI=1S/C30H34FNO4/c1-21(2)36-25-12-9-22(10-13-25)7-8-23-15-17-32(18-16-23)30(34)20-35-29-6-4-3-5-27(29)26-14-11-24(31)19-28(26)33/h3-6,9-14,19,21,23,33H,7-8,15-18,20H2,1-2H3. The van der Waals surface area contributed by atoms with Crippen LogP contribution < -0.4 is 9.47 Å². The van der Waals surface area contributed by atoms with Gasteiger partial charge in [0.1, 0.15) is 23.1 Å². The summed E-state index contributed by atoms with van der Waals surface area (Å²) in [5, 5.41) is 10.2. The molecule has 36 heavy (non-hydrogen) atoms. The van der Waals surface area contributed by atoms with Crippen molar-refractivity contribution in [3.8, 4) is 28.4 Å². The number of benzene rings is 3. The van der Waals surface area contributed by atoms with Crippen LogP contribution in [0.1, 0.15) is 38.7 Å². The molecule has 4 rings (SSSR count). The Labute approximate surface area is 212 Å². The van der Waals surface area contributed by atoms with Crippen LogP contribution in [0.25, 0.3) is 11.1 Å². The van der Waals surface area contributed by atoms with E-state index in [2.05, 4.69) is 12.1 Å². The summed E-state index contributed by atoms with van der Waals surface area (Å²) in [5.41, 5.74) is 2.39. The van der Waals surface area contributed by atoms with Crippen LogP contribution in [0.4, 0.5) is 4.39 Å². The molecule has 1 aliphatic rings. The summed E-state index contributed by atoms with van der Waals surface area (Å²) in [4.78, 5) is 14.7. The Bertz CT molecular complexity index is 1150. The molecule has 1 saturated heterocycles. The first-order chi connectivity index (χ1) is 17.4. The fourth-order valence-corrected chi connectivity index (χ4v) is 4.63. The van der Waals surface area contributed by atoms with Gasteiger partial charge in [-0.2, -0.15) is 0 Å². The van der Waals surface area contributed by atoms with Crippen LogP contribution in [0, 0.1) is 11.7 Å². The summed E-state index contributed by atoms with van der Waals surface area (Å²) in [6, 6.07) is 19.4. The smallest absolute Gasteiger partial charge is 0.260 e. The molecule has 1 fully saturated rings. The number of phenols is 1. The average molecular weight is 492 g/mol. The molecule has 1 N–H and O–H groups in total. The highest BCUT2D eigenvalue weighted by atomic mass is 19.1. The maximum atomic E-state index is 13.4. The molecular formula is C30H34FNO4. The van der Waals surface area contributed by atoms with Crippen molar-refractivity contribution in [3.05, 3.63) is 78.1 Å². The zero-order valence-electron chi connectivity index (χ0n) is 21.0. The number of hydrogen-bond acceptors (Lipinski definition) is 4. The van der Waals surface area contributed by atoms with E-state index in [1.165, 1.54) is 17.7 Å². The Kier molecular flexibility index (Phi) is 8.47. The number of likely N-dealkylation sites (tertiary alicyclic amines) is 1. The summed E-state index contributed by atoms with van der Waals surface area (Å²) in [6.45, 7) is 5.43. The number of piperidine rings is 1.